The summed E-state index contributed by atoms with van der Waals surface area (Å²) in [4.78, 5) is 2.28. The minimum atomic E-state index is 1.12. The van der Waals surface area contributed by atoms with Crippen LogP contribution in [0.25, 0.3) is 0 Å². The van der Waals surface area contributed by atoms with Gasteiger partial charge in [-0.3, -0.25) is 0 Å². The van der Waals surface area contributed by atoms with Crippen LogP contribution in [0.5, 0.6) is 0 Å². The first-order valence-electron chi connectivity index (χ1n) is 4.63. The van der Waals surface area contributed by atoms with Crippen molar-refractivity contribution in [1.82, 2.24) is 4.90 Å². The summed E-state index contributed by atoms with van der Waals surface area (Å²) in [5, 5.41) is 0. The standard InChI is InChI=1S/C11H21N/c1-6-7-8-12(5)11(4)9-10(2)3/h9H,2,6-8H2,1,3-5H3/b11-9+. The molecule has 0 N–H and O–H groups in total. The summed E-state index contributed by atoms with van der Waals surface area (Å²) >= 11 is 0. The second-order valence-electron chi connectivity index (χ2n) is 3.41. The van der Waals surface area contributed by atoms with E-state index in [1.54, 1.807) is 0 Å². The fourth-order valence-corrected chi connectivity index (χ4v) is 1.04. The molecular weight excluding hydrogens is 146 g/mol. The Hall–Kier alpha value is -0.720. The minimum absolute atomic E-state index is 1.12. The Morgan fingerprint density at radius 1 is 1.42 bits per heavy atom. The Balaban J connectivity index is 3.91. The molecule has 0 rings (SSSR count). The van der Waals surface area contributed by atoms with Crippen LogP contribution in [0, 0.1) is 0 Å². The van der Waals surface area contributed by atoms with Gasteiger partial charge in [-0.15, -0.1) is 0 Å². The molecule has 1 nitrogen and oxygen atoms in total. The highest BCUT2D eigenvalue weighted by Gasteiger charge is 1.96. The summed E-state index contributed by atoms with van der Waals surface area (Å²) in [7, 11) is 2.13. The largest absolute Gasteiger partial charge is 0.378 e. The van der Waals surface area contributed by atoms with Gasteiger partial charge in [0, 0.05) is 19.3 Å². The van der Waals surface area contributed by atoms with E-state index in [0.717, 1.165) is 12.1 Å². The number of hydrogen-bond acceptors (Lipinski definition) is 1. The van der Waals surface area contributed by atoms with E-state index in [2.05, 4.69) is 38.5 Å². The number of hydrogen-bond donors (Lipinski definition) is 0. The van der Waals surface area contributed by atoms with Crippen molar-refractivity contribution in [3.8, 4) is 0 Å². The van der Waals surface area contributed by atoms with Gasteiger partial charge in [0.25, 0.3) is 0 Å². The Morgan fingerprint density at radius 2 is 2.00 bits per heavy atom. The molecule has 1 heteroatoms. The highest BCUT2D eigenvalue weighted by Crippen LogP contribution is 2.05. The van der Waals surface area contributed by atoms with Crippen LogP contribution < -0.4 is 0 Å². The molecule has 0 bridgehead atoms. The van der Waals surface area contributed by atoms with Crippen LogP contribution in [-0.4, -0.2) is 18.5 Å². The molecule has 0 fully saturated rings. The second kappa shape index (κ2) is 5.87. The van der Waals surface area contributed by atoms with Crippen LogP contribution in [0.3, 0.4) is 0 Å². The van der Waals surface area contributed by atoms with Gasteiger partial charge < -0.3 is 4.90 Å². The molecule has 0 unspecified atom stereocenters. The lowest BCUT2D eigenvalue weighted by atomic mass is 10.2. The highest BCUT2D eigenvalue weighted by atomic mass is 15.1. The zero-order chi connectivity index (χ0) is 9.56. The number of rotatable bonds is 5. The minimum Gasteiger partial charge on any atom is -0.378 e. The molecule has 0 aliphatic rings. The lowest BCUT2D eigenvalue weighted by Crippen LogP contribution is -2.17. The third-order valence-corrected chi connectivity index (χ3v) is 1.90. The monoisotopic (exact) mass is 167 g/mol. The van der Waals surface area contributed by atoms with Gasteiger partial charge in [-0.05, 0) is 26.3 Å². The van der Waals surface area contributed by atoms with Gasteiger partial charge in [0.15, 0.2) is 0 Å². The Labute approximate surface area is 76.8 Å². The van der Waals surface area contributed by atoms with Crippen molar-refractivity contribution in [2.45, 2.75) is 33.6 Å². The summed E-state index contributed by atoms with van der Waals surface area (Å²) in [5.41, 5.74) is 2.42. The normalized spacial score (nSPS) is 11.5. The first kappa shape index (κ1) is 11.3. The van der Waals surface area contributed by atoms with Crippen molar-refractivity contribution in [3.05, 3.63) is 23.9 Å². The maximum atomic E-state index is 3.85. The lowest BCUT2D eigenvalue weighted by Gasteiger charge is -2.19. The molecular formula is C11H21N. The van der Waals surface area contributed by atoms with Gasteiger partial charge in [0.2, 0.25) is 0 Å². The predicted molar refractivity (Wildman–Crippen MR) is 56.1 cm³/mol. The van der Waals surface area contributed by atoms with E-state index in [9.17, 15) is 0 Å². The van der Waals surface area contributed by atoms with E-state index >= 15 is 0 Å². The van der Waals surface area contributed by atoms with Gasteiger partial charge in [0.05, 0.1) is 0 Å². The van der Waals surface area contributed by atoms with Crippen LogP contribution in [0.4, 0.5) is 0 Å². The molecule has 0 heterocycles. The van der Waals surface area contributed by atoms with E-state index < -0.39 is 0 Å². The third-order valence-electron chi connectivity index (χ3n) is 1.90. The SMILES string of the molecule is C=C(C)/C=C(\C)N(C)CCCC. The van der Waals surface area contributed by atoms with E-state index in [1.165, 1.54) is 18.5 Å². The molecule has 0 aromatic carbocycles. The smallest absolute Gasteiger partial charge is 0.0171 e. The fourth-order valence-electron chi connectivity index (χ4n) is 1.04. The first-order chi connectivity index (χ1) is 5.57. The van der Waals surface area contributed by atoms with Crippen molar-refractivity contribution in [2.24, 2.45) is 0 Å². The molecule has 0 spiro atoms. The second-order valence-corrected chi connectivity index (χ2v) is 3.41. The summed E-state index contributed by atoms with van der Waals surface area (Å²) in [6.07, 6.45) is 4.64. The van der Waals surface area contributed by atoms with Crippen LogP contribution >= 0.6 is 0 Å². The van der Waals surface area contributed by atoms with Gasteiger partial charge in [-0.2, -0.15) is 0 Å². The Kier molecular flexibility index (Phi) is 5.52. The third kappa shape index (κ3) is 5.00. The van der Waals surface area contributed by atoms with E-state index in [-0.39, 0.29) is 0 Å². The molecule has 0 aromatic heterocycles. The van der Waals surface area contributed by atoms with Gasteiger partial charge >= 0.3 is 0 Å². The van der Waals surface area contributed by atoms with Crippen molar-refractivity contribution in [1.29, 1.82) is 0 Å². The highest BCUT2D eigenvalue weighted by molar-refractivity contribution is 5.16. The average molecular weight is 167 g/mol. The molecule has 0 saturated heterocycles. The molecule has 70 valence electrons. The molecule has 0 aromatic rings. The topological polar surface area (TPSA) is 3.24 Å². The summed E-state index contributed by atoms with van der Waals surface area (Å²) in [5.74, 6) is 0. The van der Waals surface area contributed by atoms with Crippen molar-refractivity contribution < 1.29 is 0 Å². The van der Waals surface area contributed by atoms with Crippen molar-refractivity contribution in [2.75, 3.05) is 13.6 Å². The maximum Gasteiger partial charge on any atom is 0.0171 e. The summed E-state index contributed by atoms with van der Waals surface area (Å²) in [6.45, 7) is 11.4. The number of nitrogens with zero attached hydrogens (tertiary/aromatic N) is 1. The Bertz CT molecular complexity index is 168. The Morgan fingerprint density at radius 3 is 2.42 bits per heavy atom. The zero-order valence-corrected chi connectivity index (χ0v) is 8.85. The van der Waals surface area contributed by atoms with E-state index in [1.807, 2.05) is 6.92 Å². The number of unbranched alkanes of at least 4 members (excludes halogenated alkanes) is 1. The summed E-state index contributed by atoms with van der Waals surface area (Å²) < 4.78 is 0. The fraction of sp³-hybridized carbons (Fsp3) is 0.636. The van der Waals surface area contributed by atoms with Crippen LogP contribution in [0.2, 0.25) is 0 Å². The first-order valence-corrected chi connectivity index (χ1v) is 4.63. The molecule has 0 radical (unpaired) electrons. The summed E-state index contributed by atoms with van der Waals surface area (Å²) in [6, 6.07) is 0. The van der Waals surface area contributed by atoms with Gasteiger partial charge in [0.1, 0.15) is 0 Å². The van der Waals surface area contributed by atoms with E-state index in [4.69, 9.17) is 0 Å². The molecule has 0 atom stereocenters. The van der Waals surface area contributed by atoms with Crippen LogP contribution in [0.15, 0.2) is 23.9 Å². The van der Waals surface area contributed by atoms with Crippen LogP contribution in [0.1, 0.15) is 33.6 Å². The maximum absolute atomic E-state index is 3.85. The van der Waals surface area contributed by atoms with Gasteiger partial charge in [-0.1, -0.05) is 25.5 Å². The predicted octanol–water partition coefficient (Wildman–Crippen LogP) is 3.20. The molecule has 0 amide bonds. The quantitative estimate of drug-likeness (QED) is 0.568. The molecule has 12 heavy (non-hydrogen) atoms. The van der Waals surface area contributed by atoms with Crippen LogP contribution in [-0.2, 0) is 0 Å². The average Bonchev–Trinajstić information content (AvgIpc) is 1.98. The zero-order valence-electron chi connectivity index (χ0n) is 8.85. The molecule has 0 aliphatic heterocycles. The molecule has 0 aliphatic carbocycles. The van der Waals surface area contributed by atoms with Crippen molar-refractivity contribution in [3.63, 3.8) is 0 Å². The lowest BCUT2D eigenvalue weighted by molar-refractivity contribution is 0.407. The number of allylic oxidation sites excluding steroid dienone is 3. The van der Waals surface area contributed by atoms with Gasteiger partial charge in [-0.25, -0.2) is 0 Å². The molecule has 0 saturated carbocycles. The van der Waals surface area contributed by atoms with Crippen molar-refractivity contribution >= 4 is 0 Å². The van der Waals surface area contributed by atoms with E-state index in [0.29, 0.717) is 0 Å².